The third-order valence-corrected chi connectivity index (χ3v) is 3.37. The molecule has 2 rings (SSSR count). The van der Waals surface area contributed by atoms with Crippen molar-refractivity contribution >= 4 is 51.9 Å². The van der Waals surface area contributed by atoms with E-state index in [1.165, 1.54) is 0 Å². The molecule has 110 valence electrons. The number of nitrogens with one attached hydrogen (secondary N) is 2. The summed E-state index contributed by atoms with van der Waals surface area (Å²) in [4.78, 5) is 0. The molecule has 21 heavy (non-hydrogen) atoms. The Balaban J connectivity index is 2.08. The maximum atomic E-state index is 6.10. The van der Waals surface area contributed by atoms with Crippen molar-refractivity contribution in [3.05, 3.63) is 52.5 Å². The minimum Gasteiger partial charge on any atom is -0.492 e. The first kappa shape index (κ1) is 15.9. The maximum Gasteiger partial charge on any atom is 0.175 e. The van der Waals surface area contributed by atoms with E-state index in [2.05, 4.69) is 10.6 Å². The fourth-order valence-electron chi connectivity index (χ4n) is 1.72. The van der Waals surface area contributed by atoms with Gasteiger partial charge < -0.3 is 15.4 Å². The Labute approximate surface area is 139 Å². The molecule has 0 fully saturated rings. The molecule has 0 aliphatic rings. The van der Waals surface area contributed by atoms with Crippen molar-refractivity contribution in [3.63, 3.8) is 0 Å². The minimum absolute atomic E-state index is 0.423. The molecule has 0 aliphatic carbocycles. The van der Waals surface area contributed by atoms with E-state index in [0.29, 0.717) is 27.5 Å². The van der Waals surface area contributed by atoms with Crippen molar-refractivity contribution in [2.75, 3.05) is 17.2 Å². The Morgan fingerprint density at radius 2 is 1.81 bits per heavy atom. The van der Waals surface area contributed by atoms with E-state index in [1.54, 1.807) is 18.2 Å². The van der Waals surface area contributed by atoms with Crippen molar-refractivity contribution in [2.24, 2.45) is 0 Å². The maximum absolute atomic E-state index is 6.10. The Kier molecular flexibility index (Phi) is 5.67. The molecule has 0 unspecified atom stereocenters. The van der Waals surface area contributed by atoms with Gasteiger partial charge in [-0.3, -0.25) is 0 Å². The van der Waals surface area contributed by atoms with Crippen LogP contribution in [0.5, 0.6) is 5.75 Å². The molecule has 0 aromatic heterocycles. The molecule has 0 radical (unpaired) electrons. The molecule has 0 spiro atoms. The van der Waals surface area contributed by atoms with Gasteiger partial charge in [0.2, 0.25) is 0 Å². The lowest BCUT2D eigenvalue weighted by Crippen LogP contribution is -2.19. The van der Waals surface area contributed by atoms with Crippen LogP contribution >= 0.6 is 35.4 Å². The smallest absolute Gasteiger partial charge is 0.175 e. The number of rotatable bonds is 4. The highest BCUT2D eigenvalue weighted by Gasteiger charge is 2.07. The molecule has 0 saturated heterocycles. The van der Waals surface area contributed by atoms with Gasteiger partial charge in [-0.15, -0.1) is 0 Å². The number of para-hydroxylation sites is 2. The second-order valence-electron chi connectivity index (χ2n) is 4.13. The summed E-state index contributed by atoms with van der Waals surface area (Å²) in [6.45, 7) is 2.52. The zero-order chi connectivity index (χ0) is 15.2. The van der Waals surface area contributed by atoms with Gasteiger partial charge in [-0.05, 0) is 49.5 Å². The first-order chi connectivity index (χ1) is 10.1. The van der Waals surface area contributed by atoms with Gasteiger partial charge in [0.15, 0.2) is 5.11 Å². The van der Waals surface area contributed by atoms with E-state index in [-0.39, 0.29) is 0 Å². The summed E-state index contributed by atoms with van der Waals surface area (Å²) in [5.74, 6) is 0.742. The van der Waals surface area contributed by atoms with Gasteiger partial charge in [0.25, 0.3) is 0 Å². The topological polar surface area (TPSA) is 33.3 Å². The monoisotopic (exact) mass is 340 g/mol. The zero-order valence-corrected chi connectivity index (χ0v) is 13.6. The van der Waals surface area contributed by atoms with E-state index in [1.807, 2.05) is 31.2 Å². The Morgan fingerprint density at radius 1 is 1.10 bits per heavy atom. The molecule has 2 aromatic rings. The van der Waals surface area contributed by atoms with E-state index in [4.69, 9.17) is 40.2 Å². The summed E-state index contributed by atoms with van der Waals surface area (Å²) in [5.41, 5.74) is 1.48. The van der Waals surface area contributed by atoms with Crippen molar-refractivity contribution in [1.82, 2.24) is 0 Å². The molecule has 0 saturated carbocycles. The summed E-state index contributed by atoms with van der Waals surface area (Å²) in [6, 6.07) is 12.7. The number of anilines is 2. The summed E-state index contributed by atoms with van der Waals surface area (Å²) >= 11 is 17.2. The molecule has 3 nitrogen and oxygen atoms in total. The summed E-state index contributed by atoms with van der Waals surface area (Å²) in [6.07, 6.45) is 0. The van der Waals surface area contributed by atoms with E-state index in [0.717, 1.165) is 11.4 Å². The van der Waals surface area contributed by atoms with Crippen LogP contribution in [0.3, 0.4) is 0 Å². The molecule has 2 N–H and O–H groups in total. The fourth-order valence-corrected chi connectivity index (χ4v) is 2.39. The van der Waals surface area contributed by atoms with Crippen molar-refractivity contribution in [1.29, 1.82) is 0 Å². The number of ether oxygens (including phenoxy) is 1. The van der Waals surface area contributed by atoms with Crippen molar-refractivity contribution < 1.29 is 4.74 Å². The van der Waals surface area contributed by atoms with E-state index < -0.39 is 0 Å². The first-order valence-electron chi connectivity index (χ1n) is 6.35. The lowest BCUT2D eigenvalue weighted by molar-refractivity contribution is 0.342. The average molecular weight is 341 g/mol. The molecule has 0 aliphatic heterocycles. The highest BCUT2D eigenvalue weighted by atomic mass is 35.5. The second-order valence-corrected chi connectivity index (χ2v) is 5.38. The third kappa shape index (κ3) is 4.49. The van der Waals surface area contributed by atoms with Crippen LogP contribution < -0.4 is 15.4 Å². The predicted octanol–water partition coefficient (Wildman–Crippen LogP) is 5.20. The molecule has 6 heteroatoms. The normalized spacial score (nSPS) is 10.0. The van der Waals surface area contributed by atoms with Gasteiger partial charge in [-0.2, -0.15) is 0 Å². The highest BCUT2D eigenvalue weighted by molar-refractivity contribution is 7.80. The molecular weight excluding hydrogens is 327 g/mol. The van der Waals surface area contributed by atoms with Gasteiger partial charge in [0, 0.05) is 5.02 Å². The molecular formula is C15H14Cl2N2OS. The van der Waals surface area contributed by atoms with Crippen LogP contribution in [0.2, 0.25) is 10.0 Å². The number of hydrogen-bond donors (Lipinski definition) is 2. The van der Waals surface area contributed by atoms with E-state index >= 15 is 0 Å². The Morgan fingerprint density at radius 3 is 2.52 bits per heavy atom. The molecule has 2 aromatic carbocycles. The van der Waals surface area contributed by atoms with Gasteiger partial charge >= 0.3 is 0 Å². The van der Waals surface area contributed by atoms with Gasteiger partial charge in [-0.1, -0.05) is 35.3 Å². The van der Waals surface area contributed by atoms with Crippen LogP contribution in [-0.4, -0.2) is 11.7 Å². The number of halogens is 2. The van der Waals surface area contributed by atoms with E-state index in [9.17, 15) is 0 Å². The first-order valence-corrected chi connectivity index (χ1v) is 7.51. The summed E-state index contributed by atoms with van der Waals surface area (Å²) in [7, 11) is 0. The largest absolute Gasteiger partial charge is 0.492 e. The SMILES string of the molecule is CCOc1ccccc1NC(=S)Nc1ccc(Cl)cc1Cl. The average Bonchev–Trinajstić information content (AvgIpc) is 2.44. The lowest BCUT2D eigenvalue weighted by Gasteiger charge is -2.14. The second kappa shape index (κ2) is 7.50. The van der Waals surface area contributed by atoms with Crippen LogP contribution in [0.1, 0.15) is 6.92 Å². The molecule has 0 amide bonds. The molecule has 0 bridgehead atoms. The number of hydrogen-bond acceptors (Lipinski definition) is 2. The van der Waals surface area contributed by atoms with Gasteiger partial charge in [0.1, 0.15) is 5.75 Å². The quantitative estimate of drug-likeness (QED) is 0.749. The summed E-state index contributed by atoms with van der Waals surface area (Å²) < 4.78 is 5.53. The Bertz CT molecular complexity index is 649. The zero-order valence-electron chi connectivity index (χ0n) is 11.3. The summed E-state index contributed by atoms with van der Waals surface area (Å²) in [5, 5.41) is 7.62. The van der Waals surface area contributed by atoms with Gasteiger partial charge in [-0.25, -0.2) is 0 Å². The Hall–Kier alpha value is -1.49. The number of benzene rings is 2. The number of thiocarbonyl (C=S) groups is 1. The molecule has 0 heterocycles. The van der Waals surface area contributed by atoms with Crippen LogP contribution in [0, 0.1) is 0 Å². The predicted molar refractivity (Wildman–Crippen MR) is 93.9 cm³/mol. The van der Waals surface area contributed by atoms with Crippen LogP contribution in [0.15, 0.2) is 42.5 Å². The van der Waals surface area contributed by atoms with Crippen molar-refractivity contribution in [3.8, 4) is 5.75 Å². The molecule has 0 atom stereocenters. The highest BCUT2D eigenvalue weighted by Crippen LogP contribution is 2.27. The third-order valence-electron chi connectivity index (χ3n) is 2.61. The minimum atomic E-state index is 0.423. The van der Waals surface area contributed by atoms with Crippen LogP contribution in [0.4, 0.5) is 11.4 Å². The van der Waals surface area contributed by atoms with Gasteiger partial charge in [0.05, 0.1) is 23.0 Å². The van der Waals surface area contributed by atoms with Crippen LogP contribution in [0.25, 0.3) is 0 Å². The van der Waals surface area contributed by atoms with Crippen molar-refractivity contribution in [2.45, 2.75) is 6.92 Å². The standard InChI is InChI=1S/C15H14Cl2N2OS/c1-2-20-14-6-4-3-5-13(14)19-15(21)18-12-8-7-10(16)9-11(12)17/h3-9H,2H2,1H3,(H2,18,19,21). The van der Waals surface area contributed by atoms with Crippen LogP contribution in [-0.2, 0) is 0 Å². The lowest BCUT2D eigenvalue weighted by atomic mass is 10.3. The fraction of sp³-hybridized carbons (Fsp3) is 0.133.